The summed E-state index contributed by atoms with van der Waals surface area (Å²) in [6, 6.07) is 19.8. The lowest BCUT2D eigenvalue weighted by atomic mass is 9.88. The van der Waals surface area contributed by atoms with Gasteiger partial charge in [0.2, 0.25) is 5.91 Å². The van der Waals surface area contributed by atoms with E-state index in [4.69, 9.17) is 0 Å². The van der Waals surface area contributed by atoms with Gasteiger partial charge < -0.3 is 9.80 Å². The number of sulfonamides is 1. The highest BCUT2D eigenvalue weighted by molar-refractivity contribution is 7.91. The molecule has 0 saturated carbocycles. The maximum absolute atomic E-state index is 13.8. The average molecular weight is 510 g/mol. The molecule has 0 bridgehead atoms. The highest BCUT2D eigenvalue weighted by Gasteiger charge is 2.45. The van der Waals surface area contributed by atoms with Gasteiger partial charge in [0, 0.05) is 50.9 Å². The number of carbonyl (C=O) groups is 1. The van der Waals surface area contributed by atoms with Crippen LogP contribution in [0.15, 0.2) is 70.3 Å². The Kier molecular flexibility index (Phi) is 6.70. The van der Waals surface area contributed by atoms with Crippen LogP contribution in [-0.4, -0.2) is 62.8 Å². The van der Waals surface area contributed by atoms with Gasteiger partial charge in [-0.2, -0.15) is 4.31 Å². The summed E-state index contributed by atoms with van der Waals surface area (Å²) in [6.07, 6.45) is 0. The number of nitrogens with zero attached hydrogens (tertiary/aromatic N) is 3. The molecule has 5 rings (SSSR count). The van der Waals surface area contributed by atoms with E-state index in [1.807, 2.05) is 35.2 Å². The van der Waals surface area contributed by atoms with Crippen molar-refractivity contribution in [1.29, 1.82) is 0 Å². The van der Waals surface area contributed by atoms with Crippen LogP contribution in [0.5, 0.6) is 0 Å². The lowest BCUT2D eigenvalue weighted by Crippen LogP contribution is -2.51. The van der Waals surface area contributed by atoms with Gasteiger partial charge in [0.05, 0.1) is 5.92 Å². The first-order chi connectivity index (χ1) is 16.8. The first kappa shape index (κ1) is 24.0. The van der Waals surface area contributed by atoms with E-state index in [1.54, 1.807) is 17.5 Å². The molecule has 6 nitrogen and oxygen atoms in total. The van der Waals surface area contributed by atoms with E-state index in [0.29, 0.717) is 23.8 Å². The van der Waals surface area contributed by atoms with Gasteiger partial charge in [-0.15, -0.1) is 11.3 Å². The summed E-state index contributed by atoms with van der Waals surface area (Å²) in [4.78, 5) is 18.0. The Labute approximate surface area is 211 Å². The fourth-order valence-electron chi connectivity index (χ4n) is 5.13. The zero-order valence-electron chi connectivity index (χ0n) is 20.1. The largest absolute Gasteiger partial charge is 0.368 e. The van der Waals surface area contributed by atoms with Crippen molar-refractivity contribution in [3.8, 4) is 0 Å². The van der Waals surface area contributed by atoms with E-state index < -0.39 is 10.0 Å². The number of amides is 1. The average Bonchev–Trinajstić information content (AvgIpc) is 3.58. The Hall–Kier alpha value is -2.68. The minimum atomic E-state index is -3.61. The minimum absolute atomic E-state index is 0.0578. The van der Waals surface area contributed by atoms with Crippen LogP contribution in [-0.2, 0) is 14.8 Å². The molecule has 35 heavy (non-hydrogen) atoms. The Morgan fingerprint density at radius 3 is 2.29 bits per heavy atom. The summed E-state index contributed by atoms with van der Waals surface area (Å²) >= 11 is 1.22. The first-order valence-electron chi connectivity index (χ1n) is 12.0. The molecule has 2 aliphatic rings. The molecule has 2 saturated heterocycles. The molecule has 2 fully saturated rings. The first-order valence-corrected chi connectivity index (χ1v) is 14.4. The molecule has 2 atom stereocenters. The number of rotatable bonds is 5. The molecule has 3 aromatic rings. The molecular formula is C27H31N3O3S2. The summed E-state index contributed by atoms with van der Waals surface area (Å²) < 4.78 is 28.4. The smallest absolute Gasteiger partial charge is 0.252 e. The lowest BCUT2D eigenvalue weighted by Gasteiger charge is -2.38. The zero-order valence-corrected chi connectivity index (χ0v) is 21.8. The number of benzene rings is 2. The monoisotopic (exact) mass is 509 g/mol. The van der Waals surface area contributed by atoms with Crippen molar-refractivity contribution >= 4 is 33.0 Å². The third-order valence-electron chi connectivity index (χ3n) is 7.37. The van der Waals surface area contributed by atoms with E-state index in [1.165, 1.54) is 32.5 Å². The molecule has 0 N–H and O–H groups in total. The number of piperazine rings is 1. The second kappa shape index (κ2) is 9.76. The van der Waals surface area contributed by atoms with E-state index in [9.17, 15) is 13.2 Å². The number of hydrogen-bond acceptors (Lipinski definition) is 5. The maximum atomic E-state index is 13.8. The SMILES string of the molecule is Cc1ccc(N2CCN(C(=O)[C@@H]3CN(S(=O)(=O)c4cccs4)C[C@H]3c3ccccc3)CC2)cc1C. The topological polar surface area (TPSA) is 60.9 Å². The van der Waals surface area contributed by atoms with Gasteiger partial charge in [-0.1, -0.05) is 42.5 Å². The summed E-state index contributed by atoms with van der Waals surface area (Å²) in [5.41, 5.74) is 4.75. The molecule has 2 aliphatic heterocycles. The van der Waals surface area contributed by atoms with Gasteiger partial charge in [-0.25, -0.2) is 8.42 Å². The van der Waals surface area contributed by atoms with Crippen LogP contribution in [0, 0.1) is 19.8 Å². The van der Waals surface area contributed by atoms with E-state index in [2.05, 4.69) is 36.9 Å². The highest BCUT2D eigenvalue weighted by Crippen LogP contribution is 2.37. The van der Waals surface area contributed by atoms with Crippen molar-refractivity contribution in [3.05, 3.63) is 82.7 Å². The fraction of sp³-hybridized carbons (Fsp3) is 0.370. The number of anilines is 1. The molecule has 1 amide bonds. The van der Waals surface area contributed by atoms with Crippen molar-refractivity contribution in [2.45, 2.75) is 24.0 Å². The molecule has 184 valence electrons. The van der Waals surface area contributed by atoms with Crippen molar-refractivity contribution in [2.24, 2.45) is 5.92 Å². The summed E-state index contributed by atoms with van der Waals surface area (Å²) in [5.74, 6) is -0.487. The van der Waals surface area contributed by atoms with Gasteiger partial charge in [0.1, 0.15) is 4.21 Å². The summed E-state index contributed by atoms with van der Waals surface area (Å²) in [6.45, 7) is 7.60. The maximum Gasteiger partial charge on any atom is 0.252 e. The number of thiophene rings is 1. The second-order valence-electron chi connectivity index (χ2n) is 9.46. The minimum Gasteiger partial charge on any atom is -0.368 e. The summed E-state index contributed by atoms with van der Waals surface area (Å²) in [5, 5.41) is 1.77. The fourth-order valence-corrected chi connectivity index (χ4v) is 7.77. The third-order valence-corrected chi connectivity index (χ3v) is 10.6. The number of aryl methyl sites for hydroxylation is 2. The molecular weight excluding hydrogens is 478 g/mol. The van der Waals surface area contributed by atoms with Gasteiger partial charge in [-0.3, -0.25) is 4.79 Å². The molecule has 0 spiro atoms. The predicted octanol–water partition coefficient (Wildman–Crippen LogP) is 4.12. The Morgan fingerprint density at radius 2 is 1.63 bits per heavy atom. The zero-order chi connectivity index (χ0) is 24.6. The number of hydrogen-bond donors (Lipinski definition) is 0. The molecule has 0 aliphatic carbocycles. The Morgan fingerprint density at radius 1 is 0.886 bits per heavy atom. The number of carbonyl (C=O) groups excluding carboxylic acids is 1. The van der Waals surface area contributed by atoms with Crippen molar-refractivity contribution in [2.75, 3.05) is 44.2 Å². The normalized spacial score (nSPS) is 21.4. The molecule has 3 heterocycles. The van der Waals surface area contributed by atoms with Crippen molar-refractivity contribution in [1.82, 2.24) is 9.21 Å². The lowest BCUT2D eigenvalue weighted by molar-refractivity contribution is -0.135. The quantitative estimate of drug-likeness (QED) is 0.519. The van der Waals surface area contributed by atoms with Gasteiger partial charge in [-0.05, 0) is 54.1 Å². The van der Waals surface area contributed by atoms with Crippen LogP contribution >= 0.6 is 11.3 Å². The molecule has 2 aromatic carbocycles. The molecule has 0 unspecified atom stereocenters. The van der Waals surface area contributed by atoms with Crippen LogP contribution in [0.25, 0.3) is 0 Å². The Balaban J connectivity index is 1.34. The van der Waals surface area contributed by atoms with Crippen molar-refractivity contribution in [3.63, 3.8) is 0 Å². The van der Waals surface area contributed by atoms with E-state index in [0.717, 1.165) is 18.7 Å². The van der Waals surface area contributed by atoms with Crippen LogP contribution in [0.3, 0.4) is 0 Å². The van der Waals surface area contributed by atoms with Gasteiger partial charge >= 0.3 is 0 Å². The Bertz CT molecular complexity index is 1280. The van der Waals surface area contributed by atoms with Crippen molar-refractivity contribution < 1.29 is 13.2 Å². The third kappa shape index (κ3) is 4.75. The van der Waals surface area contributed by atoms with E-state index >= 15 is 0 Å². The highest BCUT2D eigenvalue weighted by atomic mass is 32.2. The summed E-state index contributed by atoms with van der Waals surface area (Å²) in [7, 11) is -3.61. The standard InChI is InChI=1S/C27H31N3O3S2/c1-20-10-11-23(17-21(20)2)28-12-14-29(15-13-28)27(31)25-19-30(35(32,33)26-9-6-16-34-26)18-24(25)22-7-4-3-5-8-22/h3-11,16-17,24-25H,12-15,18-19H2,1-2H3/t24-,25+/m0/s1. The van der Waals surface area contributed by atoms with Crippen LogP contribution in [0.1, 0.15) is 22.6 Å². The van der Waals surface area contributed by atoms with Gasteiger partial charge in [0.15, 0.2) is 0 Å². The molecule has 8 heteroatoms. The molecule has 1 aromatic heterocycles. The predicted molar refractivity (Wildman–Crippen MR) is 140 cm³/mol. The van der Waals surface area contributed by atoms with E-state index in [-0.39, 0.29) is 24.3 Å². The van der Waals surface area contributed by atoms with Crippen LogP contribution in [0.2, 0.25) is 0 Å². The van der Waals surface area contributed by atoms with Crippen LogP contribution < -0.4 is 4.90 Å². The second-order valence-corrected chi connectivity index (χ2v) is 12.6. The van der Waals surface area contributed by atoms with Gasteiger partial charge in [0.25, 0.3) is 10.0 Å². The van der Waals surface area contributed by atoms with Crippen LogP contribution in [0.4, 0.5) is 5.69 Å². The molecule has 0 radical (unpaired) electrons.